The molecule has 4 atom stereocenters. The summed E-state index contributed by atoms with van der Waals surface area (Å²) in [6.07, 6.45) is 24.7. The Morgan fingerprint density at radius 2 is 1.21 bits per heavy atom. The third kappa shape index (κ3) is 10.8. The highest BCUT2D eigenvalue weighted by Crippen LogP contribution is 2.49. The van der Waals surface area contributed by atoms with Gasteiger partial charge in [0, 0.05) is 26.7 Å². The van der Waals surface area contributed by atoms with Crippen LogP contribution in [0.4, 0.5) is 0 Å². The zero-order valence-corrected chi connectivity index (χ0v) is 32.9. The number of fused-ring (bicyclic) bond motifs is 1. The van der Waals surface area contributed by atoms with Crippen molar-refractivity contribution in [1.29, 1.82) is 0 Å². The van der Waals surface area contributed by atoms with E-state index in [9.17, 15) is 19.2 Å². The van der Waals surface area contributed by atoms with Gasteiger partial charge in [0.25, 0.3) is 0 Å². The summed E-state index contributed by atoms with van der Waals surface area (Å²) in [5, 5.41) is 0. The lowest BCUT2D eigenvalue weighted by atomic mass is 9.63. The molecule has 1 unspecified atom stereocenters. The van der Waals surface area contributed by atoms with Gasteiger partial charge in [-0.2, -0.15) is 0 Å². The number of carbonyl (C=O) groups excluding carboxylic acids is 4. The molecule has 3 aliphatic rings. The maximum atomic E-state index is 13.2. The molecule has 0 saturated heterocycles. The fourth-order valence-corrected chi connectivity index (χ4v) is 6.84. The number of Topliss-reactive ketones (excluding diaryl/α,β-unsaturated/α-hetero) is 2. The van der Waals surface area contributed by atoms with Gasteiger partial charge in [0.1, 0.15) is 6.10 Å². The first-order chi connectivity index (χ1) is 24.2. The van der Waals surface area contributed by atoms with Crippen LogP contribution < -0.4 is 0 Å². The summed E-state index contributed by atoms with van der Waals surface area (Å²) in [5.41, 5.74) is 4.47. The van der Waals surface area contributed by atoms with Gasteiger partial charge >= 0.3 is 11.9 Å². The van der Waals surface area contributed by atoms with Gasteiger partial charge in [-0.1, -0.05) is 117 Å². The van der Waals surface area contributed by atoms with E-state index >= 15 is 0 Å². The molecule has 52 heavy (non-hydrogen) atoms. The van der Waals surface area contributed by atoms with Crippen LogP contribution in [0.25, 0.3) is 0 Å². The quantitative estimate of drug-likeness (QED) is 0.0904. The molecule has 2 aliphatic carbocycles. The Morgan fingerprint density at radius 3 is 1.79 bits per heavy atom. The second-order valence-electron chi connectivity index (χ2n) is 15.4. The molecule has 0 N–H and O–H groups in total. The summed E-state index contributed by atoms with van der Waals surface area (Å²) in [4.78, 5) is 60.4. The van der Waals surface area contributed by atoms with Crippen molar-refractivity contribution >= 4 is 23.5 Å². The molecule has 0 radical (unpaired) electrons. The monoisotopic (exact) mass is 712 g/mol. The number of ketones is 2. The molecule has 0 aromatic rings. The van der Waals surface area contributed by atoms with Crippen molar-refractivity contribution in [3.63, 3.8) is 0 Å². The predicted octanol–water partition coefficient (Wildman–Crippen LogP) is 9.19. The molecule has 1 heterocycles. The molecule has 1 fully saturated rings. The van der Waals surface area contributed by atoms with E-state index in [0.29, 0.717) is 18.4 Å². The lowest BCUT2D eigenvalue weighted by Crippen LogP contribution is -2.58. The molecule has 8 heteroatoms. The summed E-state index contributed by atoms with van der Waals surface area (Å²) in [6, 6.07) is 0. The number of hydrogen-bond acceptors (Lipinski definition) is 8. The van der Waals surface area contributed by atoms with E-state index in [0.717, 1.165) is 33.4 Å². The third-order valence-electron chi connectivity index (χ3n) is 9.67. The Morgan fingerprint density at radius 1 is 0.712 bits per heavy atom. The summed E-state index contributed by atoms with van der Waals surface area (Å²) in [6.45, 7) is 22.3. The third-order valence-corrected chi connectivity index (χ3v) is 9.67. The van der Waals surface area contributed by atoms with Crippen molar-refractivity contribution in [3.8, 4) is 0 Å². The van der Waals surface area contributed by atoms with Gasteiger partial charge in [0.05, 0.1) is 0 Å². The van der Waals surface area contributed by atoms with E-state index in [1.54, 1.807) is 13.8 Å². The minimum atomic E-state index is -1.32. The summed E-state index contributed by atoms with van der Waals surface area (Å²) in [7, 11) is 0. The SMILES string of the molecule is CC(=O)O[C@H]1CC(C)(C)C(/C=C/C(C)=C/C=C/C(C)=C/C=C/C=C(C)/C=C/C=C(\C)C2C=C3C(C)(C)C[C@H](OC(C)=O)C(=O)[C@@]3(C)OO2)=C(C)C1=O. The summed E-state index contributed by atoms with van der Waals surface area (Å²) >= 11 is 0. The molecule has 280 valence electrons. The topological polar surface area (TPSA) is 105 Å². The van der Waals surface area contributed by atoms with Gasteiger partial charge in [-0.3, -0.25) is 19.2 Å². The van der Waals surface area contributed by atoms with Crippen molar-refractivity contribution in [2.24, 2.45) is 10.8 Å². The van der Waals surface area contributed by atoms with Crippen LogP contribution in [0.3, 0.4) is 0 Å². The first-order valence-corrected chi connectivity index (χ1v) is 17.8. The Kier molecular flexibility index (Phi) is 14.1. The average molecular weight is 713 g/mol. The van der Waals surface area contributed by atoms with Crippen LogP contribution >= 0.6 is 0 Å². The maximum Gasteiger partial charge on any atom is 0.303 e. The number of rotatable bonds is 11. The molecule has 0 bridgehead atoms. The van der Waals surface area contributed by atoms with Crippen LogP contribution in [0, 0.1) is 10.8 Å². The van der Waals surface area contributed by atoms with E-state index in [-0.39, 0.29) is 17.0 Å². The van der Waals surface area contributed by atoms with Gasteiger partial charge < -0.3 is 9.47 Å². The number of carbonyl (C=O) groups is 4. The molecule has 3 rings (SSSR count). The standard InChI is InChI=1S/C44H56O8/c1-28(19-15-20-30(3)23-24-35-32(5)40(47)37(49-33(6)45)26-42(35,8)9)17-13-14-18-29(2)21-16-22-31(4)36-25-39-43(10,11)27-38(50-34(7)46)41(48)44(39,12)52-51-36/h13-25,36-38H,26-27H2,1-12H3/b14-13+,19-15+,21-16+,24-23+,28-17+,29-18+,30-20+,31-22+/t36?,37-,38-,44-/m0/s1. The minimum absolute atomic E-state index is 0.133. The van der Waals surface area contributed by atoms with Gasteiger partial charge in [0.15, 0.2) is 23.6 Å². The number of ether oxygens (including phenoxy) is 2. The Hall–Kier alpha value is -4.40. The summed E-state index contributed by atoms with van der Waals surface area (Å²) < 4.78 is 10.6. The normalized spacial score (nSPS) is 27.5. The fraction of sp³-hybridized carbons (Fsp3) is 0.455. The second-order valence-corrected chi connectivity index (χ2v) is 15.4. The molecule has 0 aromatic carbocycles. The molecule has 1 saturated carbocycles. The van der Waals surface area contributed by atoms with Crippen LogP contribution in [0.1, 0.15) is 95.9 Å². The minimum Gasteiger partial charge on any atom is -0.454 e. The van der Waals surface area contributed by atoms with Gasteiger partial charge in [-0.15, -0.1) is 0 Å². The molecular formula is C44H56O8. The highest BCUT2D eigenvalue weighted by Gasteiger charge is 2.57. The van der Waals surface area contributed by atoms with E-state index in [1.165, 1.54) is 13.8 Å². The van der Waals surface area contributed by atoms with Crippen LogP contribution in [0.5, 0.6) is 0 Å². The van der Waals surface area contributed by atoms with Crippen LogP contribution in [0.2, 0.25) is 0 Å². The van der Waals surface area contributed by atoms with E-state index in [4.69, 9.17) is 19.2 Å². The van der Waals surface area contributed by atoms with Gasteiger partial charge in [-0.25, -0.2) is 9.78 Å². The van der Waals surface area contributed by atoms with E-state index in [1.807, 2.05) is 121 Å². The first-order valence-electron chi connectivity index (χ1n) is 17.8. The zero-order valence-electron chi connectivity index (χ0n) is 32.9. The maximum absolute atomic E-state index is 13.2. The smallest absolute Gasteiger partial charge is 0.303 e. The van der Waals surface area contributed by atoms with Crippen molar-refractivity contribution in [3.05, 3.63) is 118 Å². The average Bonchev–Trinajstić information content (AvgIpc) is 3.03. The van der Waals surface area contributed by atoms with E-state index in [2.05, 4.69) is 13.8 Å². The van der Waals surface area contributed by atoms with Gasteiger partial charge in [0.2, 0.25) is 5.78 Å². The highest BCUT2D eigenvalue weighted by atomic mass is 17.2. The Labute approximate surface area is 310 Å². The fourth-order valence-electron chi connectivity index (χ4n) is 6.84. The van der Waals surface area contributed by atoms with Crippen LogP contribution in [-0.4, -0.2) is 47.4 Å². The lowest BCUT2D eigenvalue weighted by molar-refractivity contribution is -0.361. The lowest BCUT2D eigenvalue weighted by Gasteiger charge is -2.48. The van der Waals surface area contributed by atoms with Crippen LogP contribution in [0.15, 0.2) is 118 Å². The molecule has 8 nitrogen and oxygen atoms in total. The summed E-state index contributed by atoms with van der Waals surface area (Å²) in [5.74, 6) is -1.39. The predicted molar refractivity (Wildman–Crippen MR) is 205 cm³/mol. The molecule has 0 aromatic heterocycles. The van der Waals surface area contributed by atoms with Crippen molar-refractivity contribution in [2.45, 2.75) is 120 Å². The number of esters is 2. The van der Waals surface area contributed by atoms with E-state index < -0.39 is 41.3 Å². The van der Waals surface area contributed by atoms with Crippen molar-refractivity contribution in [1.82, 2.24) is 0 Å². The number of hydrogen-bond donors (Lipinski definition) is 0. The van der Waals surface area contributed by atoms with Crippen molar-refractivity contribution < 1.29 is 38.4 Å². The second kappa shape index (κ2) is 17.4. The zero-order chi connectivity index (χ0) is 39.0. The largest absolute Gasteiger partial charge is 0.454 e. The van der Waals surface area contributed by atoms with Crippen LogP contribution in [-0.2, 0) is 38.4 Å². The van der Waals surface area contributed by atoms with Gasteiger partial charge in [-0.05, 0) is 80.7 Å². The van der Waals surface area contributed by atoms with Crippen molar-refractivity contribution in [2.75, 3.05) is 0 Å². The Bertz CT molecular complexity index is 1750. The Balaban J connectivity index is 1.58. The molecule has 0 amide bonds. The molecule has 1 aliphatic heterocycles. The number of allylic oxidation sites excluding steroid dienone is 16. The highest BCUT2D eigenvalue weighted by molar-refractivity contribution is 6.01. The molecular weight excluding hydrogens is 656 g/mol. The molecule has 0 spiro atoms. The first kappa shape index (κ1) is 42.0.